The molecule has 30 heavy (non-hydrogen) atoms. The number of imide groups is 1. The number of carbonyl (C=O) groups excluding carboxylic acids is 2. The van der Waals surface area contributed by atoms with Gasteiger partial charge in [-0.05, 0) is 29.7 Å². The van der Waals surface area contributed by atoms with Crippen LogP contribution in [0.15, 0.2) is 91.0 Å². The van der Waals surface area contributed by atoms with Gasteiger partial charge in [0.25, 0.3) is 0 Å². The third kappa shape index (κ3) is 2.76. The van der Waals surface area contributed by atoms with E-state index in [0.29, 0.717) is 17.9 Å². The molecule has 0 bridgehead atoms. The van der Waals surface area contributed by atoms with Crippen LogP contribution in [-0.2, 0) is 20.7 Å². The molecular formula is C26H21NO3. The summed E-state index contributed by atoms with van der Waals surface area (Å²) < 4.78 is 6.44. The highest BCUT2D eigenvalue weighted by molar-refractivity contribution is 6.19. The van der Waals surface area contributed by atoms with Gasteiger partial charge < -0.3 is 4.74 Å². The fourth-order valence-electron chi connectivity index (χ4n) is 4.54. The zero-order valence-electron chi connectivity index (χ0n) is 16.6. The third-order valence-electron chi connectivity index (χ3n) is 5.89. The van der Waals surface area contributed by atoms with Crippen molar-refractivity contribution in [3.05, 3.63) is 108 Å². The molecule has 0 fully saturated rings. The lowest BCUT2D eigenvalue weighted by Crippen LogP contribution is -2.52. The smallest absolute Gasteiger partial charge is 0.248 e. The van der Waals surface area contributed by atoms with Crippen LogP contribution in [0.4, 0.5) is 5.69 Å². The number of anilines is 1. The maximum absolute atomic E-state index is 13.9. The number of nitrogens with zero attached hydrogens (tertiary/aromatic N) is 1. The van der Waals surface area contributed by atoms with E-state index in [1.54, 1.807) is 0 Å². The molecule has 4 heteroatoms. The second-order valence-electron chi connectivity index (χ2n) is 7.79. The highest BCUT2D eigenvalue weighted by Crippen LogP contribution is 2.54. The first-order valence-corrected chi connectivity index (χ1v) is 10.0. The first-order valence-electron chi connectivity index (χ1n) is 10.0. The van der Waals surface area contributed by atoms with Crippen LogP contribution in [0.3, 0.4) is 0 Å². The Kier molecular flexibility index (Phi) is 4.28. The van der Waals surface area contributed by atoms with E-state index in [-0.39, 0.29) is 11.8 Å². The summed E-state index contributed by atoms with van der Waals surface area (Å²) in [7, 11) is 0. The van der Waals surface area contributed by atoms with E-state index in [0.717, 1.165) is 16.7 Å². The van der Waals surface area contributed by atoms with E-state index in [4.69, 9.17) is 4.74 Å². The van der Waals surface area contributed by atoms with Crippen LogP contribution in [0.25, 0.3) is 5.76 Å². The van der Waals surface area contributed by atoms with Crippen molar-refractivity contribution in [3.8, 4) is 0 Å². The van der Waals surface area contributed by atoms with E-state index < -0.39 is 11.5 Å². The summed E-state index contributed by atoms with van der Waals surface area (Å²) in [6, 6.07) is 27.2. The number of amides is 2. The molecule has 2 aliphatic heterocycles. The Bertz CT molecular complexity index is 1150. The standard InChI is InChI=1S/C26H21NO3/c1-18(28)27-22-15-9-8-14-21(22)16-26(25(27)29)17-23(19-10-4-2-5-11-19)30-24(26)20-12-6-3-7-13-20/h2-15,17,24H,16H2,1H3/t24-,26-/m0/s1. The first kappa shape index (κ1) is 18.4. The molecule has 0 aliphatic carbocycles. The number of carbonyl (C=O) groups is 2. The van der Waals surface area contributed by atoms with Crippen LogP contribution < -0.4 is 4.90 Å². The highest BCUT2D eigenvalue weighted by Gasteiger charge is 2.56. The second-order valence-corrected chi connectivity index (χ2v) is 7.79. The normalized spacial score (nSPS) is 22.4. The Labute approximate surface area is 175 Å². The van der Waals surface area contributed by atoms with Gasteiger partial charge in [0.05, 0.1) is 5.69 Å². The molecule has 1 spiro atoms. The largest absolute Gasteiger partial charge is 0.484 e. The van der Waals surface area contributed by atoms with Gasteiger partial charge in [0, 0.05) is 12.5 Å². The zero-order valence-corrected chi connectivity index (χ0v) is 16.6. The molecule has 0 aromatic heterocycles. The lowest BCUT2D eigenvalue weighted by atomic mass is 9.71. The van der Waals surface area contributed by atoms with Crippen LogP contribution in [0.2, 0.25) is 0 Å². The number of ether oxygens (including phenoxy) is 1. The van der Waals surface area contributed by atoms with Gasteiger partial charge >= 0.3 is 0 Å². The summed E-state index contributed by atoms with van der Waals surface area (Å²) in [5.74, 6) is 0.133. The lowest BCUT2D eigenvalue weighted by molar-refractivity contribution is -0.134. The summed E-state index contributed by atoms with van der Waals surface area (Å²) in [5, 5.41) is 0. The van der Waals surface area contributed by atoms with Gasteiger partial charge in [0.1, 0.15) is 17.3 Å². The van der Waals surface area contributed by atoms with E-state index in [1.165, 1.54) is 11.8 Å². The maximum atomic E-state index is 13.9. The van der Waals surface area contributed by atoms with Crippen molar-refractivity contribution in [2.75, 3.05) is 4.90 Å². The van der Waals surface area contributed by atoms with Gasteiger partial charge in [-0.25, -0.2) is 4.90 Å². The van der Waals surface area contributed by atoms with Crippen LogP contribution in [-0.4, -0.2) is 11.8 Å². The van der Waals surface area contributed by atoms with E-state index in [9.17, 15) is 9.59 Å². The Balaban J connectivity index is 1.72. The number of fused-ring (bicyclic) bond motifs is 1. The van der Waals surface area contributed by atoms with Crippen LogP contribution in [0.1, 0.15) is 29.7 Å². The number of rotatable bonds is 2. The monoisotopic (exact) mass is 395 g/mol. The molecular weight excluding hydrogens is 374 g/mol. The van der Waals surface area contributed by atoms with E-state index >= 15 is 0 Å². The Morgan fingerprint density at radius 3 is 2.27 bits per heavy atom. The van der Waals surface area contributed by atoms with Crippen molar-refractivity contribution in [2.24, 2.45) is 5.41 Å². The molecule has 0 unspecified atom stereocenters. The van der Waals surface area contributed by atoms with Crippen molar-refractivity contribution in [3.63, 3.8) is 0 Å². The van der Waals surface area contributed by atoms with Gasteiger partial charge in [0.15, 0.2) is 0 Å². The van der Waals surface area contributed by atoms with E-state index in [2.05, 4.69) is 0 Å². The van der Waals surface area contributed by atoms with Gasteiger partial charge in [-0.2, -0.15) is 0 Å². The average molecular weight is 395 g/mol. The summed E-state index contributed by atoms with van der Waals surface area (Å²) in [6.07, 6.45) is 1.88. The third-order valence-corrected chi connectivity index (χ3v) is 5.89. The predicted octanol–water partition coefficient (Wildman–Crippen LogP) is 4.92. The Morgan fingerprint density at radius 1 is 0.933 bits per heavy atom. The van der Waals surface area contributed by atoms with Crippen LogP contribution in [0, 0.1) is 5.41 Å². The minimum absolute atomic E-state index is 0.242. The molecule has 2 amide bonds. The summed E-state index contributed by atoms with van der Waals surface area (Å²) in [5.41, 5.74) is 2.45. The number of para-hydroxylation sites is 1. The second kappa shape index (κ2) is 6.99. The number of hydrogen-bond acceptors (Lipinski definition) is 3. The summed E-state index contributed by atoms with van der Waals surface area (Å²) in [6.45, 7) is 1.43. The van der Waals surface area contributed by atoms with Crippen molar-refractivity contribution in [1.29, 1.82) is 0 Å². The molecule has 5 rings (SSSR count). The summed E-state index contributed by atoms with van der Waals surface area (Å²) >= 11 is 0. The van der Waals surface area contributed by atoms with Crippen LogP contribution >= 0.6 is 0 Å². The molecule has 2 atom stereocenters. The molecule has 0 saturated heterocycles. The zero-order chi connectivity index (χ0) is 20.7. The molecule has 4 nitrogen and oxygen atoms in total. The fourth-order valence-corrected chi connectivity index (χ4v) is 4.54. The fraction of sp³-hybridized carbons (Fsp3) is 0.154. The molecule has 3 aromatic rings. The van der Waals surface area contributed by atoms with Crippen molar-refractivity contribution >= 4 is 23.3 Å². The topological polar surface area (TPSA) is 46.6 Å². The lowest BCUT2D eigenvalue weighted by Gasteiger charge is -2.40. The SMILES string of the molecule is CC(=O)N1C(=O)[C@]2(C=C(c3ccccc3)O[C@H]2c2ccccc2)Cc2ccccc21. The predicted molar refractivity (Wildman–Crippen MR) is 115 cm³/mol. The number of hydrogen-bond donors (Lipinski definition) is 0. The molecule has 0 radical (unpaired) electrons. The molecule has 2 heterocycles. The molecule has 0 saturated carbocycles. The maximum Gasteiger partial charge on any atom is 0.248 e. The molecule has 3 aromatic carbocycles. The quantitative estimate of drug-likeness (QED) is 0.619. The van der Waals surface area contributed by atoms with Crippen molar-refractivity contribution in [1.82, 2.24) is 0 Å². The van der Waals surface area contributed by atoms with Gasteiger partial charge in [0.2, 0.25) is 11.8 Å². The Hall–Kier alpha value is -3.66. The highest BCUT2D eigenvalue weighted by atomic mass is 16.5. The van der Waals surface area contributed by atoms with Gasteiger partial charge in [-0.1, -0.05) is 78.9 Å². The molecule has 0 N–H and O–H groups in total. The van der Waals surface area contributed by atoms with Crippen LogP contribution in [0.5, 0.6) is 0 Å². The van der Waals surface area contributed by atoms with E-state index in [1.807, 2.05) is 91.0 Å². The summed E-state index contributed by atoms with van der Waals surface area (Å²) in [4.78, 5) is 27.8. The molecule has 2 aliphatic rings. The van der Waals surface area contributed by atoms with Gasteiger partial charge in [-0.15, -0.1) is 0 Å². The number of benzene rings is 3. The van der Waals surface area contributed by atoms with Crippen molar-refractivity contribution < 1.29 is 14.3 Å². The van der Waals surface area contributed by atoms with Gasteiger partial charge in [-0.3, -0.25) is 9.59 Å². The molecule has 148 valence electrons. The first-order chi connectivity index (χ1) is 14.6. The van der Waals surface area contributed by atoms with Crippen molar-refractivity contribution in [2.45, 2.75) is 19.4 Å². The average Bonchev–Trinajstić information content (AvgIpc) is 3.16. The Morgan fingerprint density at radius 2 is 1.57 bits per heavy atom. The minimum atomic E-state index is -0.994. The minimum Gasteiger partial charge on any atom is -0.484 e.